The van der Waals surface area contributed by atoms with Gasteiger partial charge in [-0.1, -0.05) is 6.42 Å². The van der Waals surface area contributed by atoms with Gasteiger partial charge in [-0.05, 0) is 19.8 Å². The molecule has 1 aliphatic heterocycles. The maximum atomic E-state index is 11.7. The highest BCUT2D eigenvalue weighted by molar-refractivity contribution is 5.74. The summed E-state index contributed by atoms with van der Waals surface area (Å²) in [4.78, 5) is 11.7. The molecule has 0 radical (unpaired) electrons. The predicted octanol–water partition coefficient (Wildman–Crippen LogP) is 0.881. The van der Waals surface area contributed by atoms with Crippen molar-refractivity contribution in [3.05, 3.63) is 11.6 Å². The minimum Gasteiger partial charge on any atom is -0.383 e. The van der Waals surface area contributed by atoms with Gasteiger partial charge in [0.1, 0.15) is 11.6 Å². The number of amides is 2. The van der Waals surface area contributed by atoms with Gasteiger partial charge in [0, 0.05) is 33.0 Å². The number of methoxy groups -OCH3 is 1. The van der Waals surface area contributed by atoms with Crippen LogP contribution in [0.4, 0.5) is 4.79 Å². The Labute approximate surface area is 125 Å². The Balaban J connectivity index is 1.76. The fourth-order valence-corrected chi connectivity index (χ4v) is 2.58. The minimum absolute atomic E-state index is 0.000589. The van der Waals surface area contributed by atoms with Crippen molar-refractivity contribution in [2.24, 2.45) is 0 Å². The molecule has 1 aliphatic rings. The lowest BCUT2D eigenvalue weighted by molar-refractivity contribution is 0.171. The molecule has 118 valence electrons. The standard InChI is InChI=1S/C14H25N5O2/c1-11(10-21-2)16-14(20)15-8-7-13-18-17-12-6-4-3-5-9-19(12)13/h11H,3-10H2,1-2H3,(H2,15,16,20)/t11-/m1/s1. The molecule has 2 amide bonds. The number of nitrogens with one attached hydrogen (secondary N) is 2. The second-order valence-electron chi connectivity index (χ2n) is 5.50. The van der Waals surface area contributed by atoms with Gasteiger partial charge in [0.2, 0.25) is 0 Å². The summed E-state index contributed by atoms with van der Waals surface area (Å²) in [5, 5.41) is 14.2. The van der Waals surface area contributed by atoms with Crippen molar-refractivity contribution in [2.45, 2.75) is 51.6 Å². The molecule has 0 bridgehead atoms. The number of hydrogen-bond acceptors (Lipinski definition) is 4. The number of rotatable bonds is 6. The normalized spacial score (nSPS) is 15.9. The topological polar surface area (TPSA) is 81.1 Å². The van der Waals surface area contributed by atoms with Crippen LogP contribution in [0, 0.1) is 0 Å². The van der Waals surface area contributed by atoms with E-state index in [2.05, 4.69) is 25.4 Å². The van der Waals surface area contributed by atoms with Gasteiger partial charge >= 0.3 is 6.03 Å². The molecule has 2 N–H and O–H groups in total. The molecule has 0 fully saturated rings. The van der Waals surface area contributed by atoms with Gasteiger partial charge in [-0.3, -0.25) is 0 Å². The van der Waals surface area contributed by atoms with Gasteiger partial charge < -0.3 is 19.9 Å². The van der Waals surface area contributed by atoms with E-state index >= 15 is 0 Å². The van der Waals surface area contributed by atoms with Gasteiger partial charge in [-0.2, -0.15) is 0 Å². The molecule has 2 rings (SSSR count). The van der Waals surface area contributed by atoms with E-state index in [1.165, 1.54) is 19.3 Å². The smallest absolute Gasteiger partial charge is 0.315 e. The van der Waals surface area contributed by atoms with Gasteiger partial charge in [-0.25, -0.2) is 4.79 Å². The Kier molecular flexibility index (Phi) is 5.98. The Morgan fingerprint density at radius 3 is 3.05 bits per heavy atom. The van der Waals surface area contributed by atoms with E-state index in [0.29, 0.717) is 19.6 Å². The molecular formula is C14H25N5O2. The second-order valence-corrected chi connectivity index (χ2v) is 5.50. The Hall–Kier alpha value is -1.63. The number of aromatic nitrogens is 3. The van der Waals surface area contributed by atoms with Crippen LogP contribution in [-0.2, 0) is 24.1 Å². The molecule has 0 unspecified atom stereocenters. The molecule has 1 atom stereocenters. The highest BCUT2D eigenvalue weighted by Gasteiger charge is 2.14. The summed E-state index contributed by atoms with van der Waals surface area (Å²) in [6, 6.07) is -0.172. The lowest BCUT2D eigenvalue weighted by atomic mass is 10.2. The van der Waals surface area contributed by atoms with Crippen LogP contribution in [0.25, 0.3) is 0 Å². The molecule has 21 heavy (non-hydrogen) atoms. The maximum absolute atomic E-state index is 11.7. The molecular weight excluding hydrogens is 270 g/mol. The number of urea groups is 1. The number of carbonyl (C=O) groups excluding carboxylic acids is 1. The first-order valence-corrected chi connectivity index (χ1v) is 7.65. The number of fused-ring (bicyclic) bond motifs is 1. The number of hydrogen-bond donors (Lipinski definition) is 2. The van der Waals surface area contributed by atoms with Crippen LogP contribution in [-0.4, -0.2) is 47.1 Å². The molecule has 0 aromatic carbocycles. The monoisotopic (exact) mass is 295 g/mol. The van der Waals surface area contributed by atoms with Crippen LogP contribution < -0.4 is 10.6 Å². The number of ether oxygens (including phenoxy) is 1. The molecule has 7 nitrogen and oxygen atoms in total. The number of carbonyl (C=O) groups is 1. The van der Waals surface area contributed by atoms with E-state index in [1.807, 2.05) is 6.92 Å². The summed E-state index contributed by atoms with van der Waals surface area (Å²) < 4.78 is 7.19. The largest absolute Gasteiger partial charge is 0.383 e. The molecule has 0 aliphatic carbocycles. The van der Waals surface area contributed by atoms with E-state index in [9.17, 15) is 4.79 Å². The van der Waals surface area contributed by atoms with E-state index in [-0.39, 0.29) is 12.1 Å². The van der Waals surface area contributed by atoms with Gasteiger partial charge in [0.05, 0.1) is 12.6 Å². The quantitative estimate of drug-likeness (QED) is 0.816. The summed E-state index contributed by atoms with van der Waals surface area (Å²) >= 11 is 0. The van der Waals surface area contributed by atoms with Crippen molar-refractivity contribution in [3.63, 3.8) is 0 Å². The van der Waals surface area contributed by atoms with E-state index < -0.39 is 0 Å². The summed E-state index contributed by atoms with van der Waals surface area (Å²) in [5.41, 5.74) is 0. The maximum Gasteiger partial charge on any atom is 0.315 e. The average molecular weight is 295 g/mol. The van der Waals surface area contributed by atoms with Crippen LogP contribution in [0.5, 0.6) is 0 Å². The molecule has 0 saturated heterocycles. The van der Waals surface area contributed by atoms with Crippen LogP contribution in [0.1, 0.15) is 37.8 Å². The Bertz CT molecular complexity index is 460. The van der Waals surface area contributed by atoms with Crippen molar-refractivity contribution in [2.75, 3.05) is 20.3 Å². The van der Waals surface area contributed by atoms with Gasteiger partial charge in [0.15, 0.2) is 0 Å². The summed E-state index contributed by atoms with van der Waals surface area (Å²) in [6.45, 7) is 3.96. The molecule has 2 heterocycles. The Morgan fingerprint density at radius 2 is 2.24 bits per heavy atom. The fraction of sp³-hybridized carbons (Fsp3) is 0.786. The van der Waals surface area contributed by atoms with Gasteiger partial charge in [-0.15, -0.1) is 10.2 Å². The second kappa shape index (κ2) is 7.97. The lowest BCUT2D eigenvalue weighted by Gasteiger charge is -2.13. The zero-order valence-corrected chi connectivity index (χ0v) is 12.9. The number of aryl methyl sites for hydroxylation is 1. The fourth-order valence-electron chi connectivity index (χ4n) is 2.58. The van der Waals surface area contributed by atoms with Crippen molar-refractivity contribution in [1.82, 2.24) is 25.4 Å². The summed E-state index contributed by atoms with van der Waals surface area (Å²) in [7, 11) is 1.62. The zero-order valence-electron chi connectivity index (χ0n) is 12.9. The SMILES string of the molecule is COC[C@@H](C)NC(=O)NCCc1nnc2n1CCCCC2. The third kappa shape index (κ3) is 4.70. The van der Waals surface area contributed by atoms with Crippen molar-refractivity contribution in [3.8, 4) is 0 Å². The average Bonchev–Trinajstić information content (AvgIpc) is 2.68. The minimum atomic E-state index is -0.171. The molecule has 1 aromatic rings. The first-order chi connectivity index (χ1) is 10.2. The molecule has 0 spiro atoms. The lowest BCUT2D eigenvalue weighted by Crippen LogP contribution is -2.43. The third-order valence-corrected chi connectivity index (χ3v) is 3.61. The molecule has 7 heteroatoms. The van der Waals surface area contributed by atoms with Crippen LogP contribution in [0.15, 0.2) is 0 Å². The molecule has 1 aromatic heterocycles. The first kappa shape index (κ1) is 15.8. The summed E-state index contributed by atoms with van der Waals surface area (Å²) in [5.74, 6) is 2.05. The first-order valence-electron chi connectivity index (χ1n) is 7.65. The van der Waals surface area contributed by atoms with Crippen molar-refractivity contribution >= 4 is 6.03 Å². The highest BCUT2D eigenvalue weighted by atomic mass is 16.5. The van der Waals surface area contributed by atoms with Crippen molar-refractivity contribution in [1.29, 1.82) is 0 Å². The third-order valence-electron chi connectivity index (χ3n) is 3.61. The van der Waals surface area contributed by atoms with E-state index in [1.54, 1.807) is 7.11 Å². The van der Waals surface area contributed by atoms with Crippen molar-refractivity contribution < 1.29 is 9.53 Å². The Morgan fingerprint density at radius 1 is 1.38 bits per heavy atom. The highest BCUT2D eigenvalue weighted by Crippen LogP contribution is 2.14. The number of nitrogens with zero attached hydrogens (tertiary/aromatic N) is 3. The van der Waals surface area contributed by atoms with E-state index in [0.717, 1.165) is 24.6 Å². The molecule has 0 saturated carbocycles. The van der Waals surface area contributed by atoms with E-state index in [4.69, 9.17) is 4.74 Å². The van der Waals surface area contributed by atoms with Crippen LogP contribution in [0.2, 0.25) is 0 Å². The summed E-state index contributed by atoms with van der Waals surface area (Å²) in [6.07, 6.45) is 5.34. The van der Waals surface area contributed by atoms with Crippen LogP contribution in [0.3, 0.4) is 0 Å². The predicted molar refractivity (Wildman–Crippen MR) is 79.2 cm³/mol. The zero-order chi connectivity index (χ0) is 15.1. The van der Waals surface area contributed by atoms with Gasteiger partial charge in [0.25, 0.3) is 0 Å². The van der Waals surface area contributed by atoms with Crippen LogP contribution >= 0.6 is 0 Å².